The van der Waals surface area contributed by atoms with Crippen molar-refractivity contribution in [3.05, 3.63) is 0 Å². The Kier molecular flexibility index (Phi) is 5.25. The molecule has 0 radical (unpaired) electrons. The minimum atomic E-state index is 0.162. The van der Waals surface area contributed by atoms with Crippen LogP contribution in [0.1, 0.15) is 40.5 Å². The Bertz CT molecular complexity index is 281. The molecule has 2 aliphatic rings. The molecule has 0 atom stereocenters. The lowest BCUT2D eigenvalue weighted by Gasteiger charge is -2.50. The van der Waals surface area contributed by atoms with Crippen LogP contribution >= 0.6 is 47.0 Å². The molecule has 0 aromatic rings. The van der Waals surface area contributed by atoms with E-state index >= 15 is 0 Å². The van der Waals surface area contributed by atoms with E-state index < -0.39 is 0 Å². The van der Waals surface area contributed by atoms with Gasteiger partial charge >= 0.3 is 0 Å². The van der Waals surface area contributed by atoms with E-state index in [-0.39, 0.29) is 9.74 Å². The van der Waals surface area contributed by atoms with E-state index in [1.165, 1.54) is 35.9 Å². The van der Waals surface area contributed by atoms with E-state index in [2.05, 4.69) is 80.1 Å². The summed E-state index contributed by atoms with van der Waals surface area (Å²) in [4.78, 5) is 0. The molecule has 0 aliphatic carbocycles. The van der Waals surface area contributed by atoms with Crippen molar-refractivity contribution in [2.45, 2.75) is 54.4 Å². The van der Waals surface area contributed by atoms with Crippen LogP contribution in [0, 0.1) is 0 Å². The average Bonchev–Trinajstić information content (AvgIpc) is 2.29. The summed E-state index contributed by atoms with van der Waals surface area (Å²) in [6.07, 6.45) is 2.72. The number of rotatable bonds is 3. The second-order valence-corrected chi connectivity index (χ2v) is 12.3. The lowest BCUT2D eigenvalue weighted by atomic mass is 10.0. The Morgan fingerprint density at radius 2 is 1.28 bits per heavy atom. The lowest BCUT2D eigenvalue weighted by Crippen LogP contribution is -2.60. The van der Waals surface area contributed by atoms with E-state index in [4.69, 9.17) is 0 Å². The summed E-state index contributed by atoms with van der Waals surface area (Å²) in [6.45, 7) is 9.57. The van der Waals surface area contributed by atoms with Crippen molar-refractivity contribution in [1.82, 2.24) is 5.32 Å². The smallest absolute Gasteiger partial charge is 0.109 e. The summed E-state index contributed by atoms with van der Waals surface area (Å²) >= 11 is 8.46. The largest absolute Gasteiger partial charge is 0.287 e. The van der Waals surface area contributed by atoms with Gasteiger partial charge in [-0.1, -0.05) is 0 Å². The molecule has 5 heteroatoms. The van der Waals surface area contributed by atoms with Gasteiger partial charge in [-0.2, -0.15) is 0 Å². The van der Waals surface area contributed by atoms with Gasteiger partial charge in [0.05, 0.1) is 4.08 Å². The summed E-state index contributed by atoms with van der Waals surface area (Å²) in [5, 5.41) is 3.97. The summed E-state index contributed by atoms with van der Waals surface area (Å²) < 4.78 is 0.496. The lowest BCUT2D eigenvalue weighted by molar-refractivity contribution is 0.351. The zero-order valence-electron chi connectivity index (χ0n) is 11.9. The minimum Gasteiger partial charge on any atom is -0.287 e. The van der Waals surface area contributed by atoms with Crippen molar-refractivity contribution < 1.29 is 0 Å². The molecule has 0 saturated carbocycles. The van der Waals surface area contributed by atoms with Crippen LogP contribution in [-0.4, -0.2) is 36.8 Å². The second-order valence-electron chi connectivity index (χ2n) is 5.74. The van der Waals surface area contributed by atoms with Gasteiger partial charge in [-0.3, -0.25) is 5.32 Å². The fourth-order valence-electron chi connectivity index (χ4n) is 2.38. The van der Waals surface area contributed by atoms with E-state index in [9.17, 15) is 0 Å². The molecule has 1 N–H and O–H groups in total. The molecule has 2 rings (SSSR count). The normalized spacial score (nSPS) is 28.0. The molecule has 18 heavy (non-hydrogen) atoms. The van der Waals surface area contributed by atoms with Gasteiger partial charge in [0.1, 0.15) is 4.20 Å². The standard InChI is InChI=1S/C13H25NS4/c1-11(2,12(3)15-7-5-8-16-12)14-13(4)17-9-6-10-18-13/h14H,5-10H2,1-4H3. The molecular weight excluding hydrogens is 298 g/mol. The van der Waals surface area contributed by atoms with Crippen LogP contribution in [0.25, 0.3) is 0 Å². The second kappa shape index (κ2) is 6.00. The van der Waals surface area contributed by atoms with Gasteiger partial charge in [0.2, 0.25) is 0 Å². The highest BCUT2D eigenvalue weighted by Crippen LogP contribution is 2.51. The van der Waals surface area contributed by atoms with E-state index in [0.717, 1.165) is 0 Å². The fraction of sp³-hybridized carbons (Fsp3) is 1.00. The van der Waals surface area contributed by atoms with Gasteiger partial charge in [0, 0.05) is 5.54 Å². The van der Waals surface area contributed by atoms with E-state index in [1.807, 2.05) is 0 Å². The van der Waals surface area contributed by atoms with Crippen molar-refractivity contribution in [2.75, 3.05) is 23.0 Å². The summed E-state index contributed by atoms with van der Waals surface area (Å²) in [6, 6.07) is 0. The Morgan fingerprint density at radius 1 is 0.833 bits per heavy atom. The SMILES string of the molecule is CC1(NC(C)(C)C2(C)SCCCS2)SCCCS1. The van der Waals surface area contributed by atoms with Crippen LogP contribution in [0.5, 0.6) is 0 Å². The Labute approximate surface area is 129 Å². The quantitative estimate of drug-likeness (QED) is 0.819. The highest BCUT2D eigenvalue weighted by molar-refractivity contribution is 8.19. The molecule has 0 aromatic heterocycles. The first kappa shape index (κ1) is 15.7. The van der Waals surface area contributed by atoms with Crippen molar-refractivity contribution >= 4 is 47.0 Å². The average molecular weight is 324 g/mol. The third kappa shape index (κ3) is 3.51. The maximum absolute atomic E-state index is 3.97. The first-order valence-electron chi connectivity index (χ1n) is 6.72. The Hall–Kier alpha value is 1.36. The van der Waals surface area contributed by atoms with Gasteiger partial charge in [0.15, 0.2) is 0 Å². The zero-order chi connectivity index (χ0) is 13.3. The van der Waals surface area contributed by atoms with Crippen LogP contribution < -0.4 is 5.32 Å². The maximum Gasteiger partial charge on any atom is 0.109 e. The Morgan fingerprint density at radius 3 is 1.78 bits per heavy atom. The number of nitrogens with one attached hydrogen (secondary N) is 1. The fourth-order valence-corrected chi connectivity index (χ4v) is 8.61. The molecule has 2 aliphatic heterocycles. The summed E-state index contributed by atoms with van der Waals surface area (Å²) in [7, 11) is 0. The minimum absolute atomic E-state index is 0.162. The molecule has 0 bridgehead atoms. The van der Waals surface area contributed by atoms with Crippen LogP contribution in [0.2, 0.25) is 0 Å². The highest BCUT2D eigenvalue weighted by Gasteiger charge is 2.47. The van der Waals surface area contributed by atoms with E-state index in [1.54, 1.807) is 0 Å². The van der Waals surface area contributed by atoms with Gasteiger partial charge in [-0.05, 0) is 63.5 Å². The van der Waals surface area contributed by atoms with Gasteiger partial charge < -0.3 is 0 Å². The van der Waals surface area contributed by atoms with Crippen molar-refractivity contribution in [1.29, 1.82) is 0 Å². The van der Waals surface area contributed by atoms with Crippen molar-refractivity contribution in [2.24, 2.45) is 0 Å². The molecule has 2 heterocycles. The predicted octanol–water partition coefficient (Wildman–Crippen LogP) is 4.48. The topological polar surface area (TPSA) is 12.0 Å². The summed E-state index contributed by atoms with van der Waals surface area (Å²) in [5.41, 5.74) is 0.162. The first-order chi connectivity index (χ1) is 8.37. The molecular formula is C13H25NS4. The number of hydrogen-bond donors (Lipinski definition) is 1. The molecule has 0 amide bonds. The first-order valence-corrected chi connectivity index (χ1v) is 10.7. The van der Waals surface area contributed by atoms with Crippen LogP contribution in [-0.2, 0) is 0 Å². The number of hydrogen-bond acceptors (Lipinski definition) is 5. The van der Waals surface area contributed by atoms with Gasteiger partial charge in [-0.15, -0.1) is 47.0 Å². The van der Waals surface area contributed by atoms with E-state index in [0.29, 0.717) is 4.08 Å². The Balaban J connectivity index is 2.05. The van der Waals surface area contributed by atoms with Crippen LogP contribution in [0.4, 0.5) is 0 Å². The summed E-state index contributed by atoms with van der Waals surface area (Å²) in [5.74, 6) is 5.21. The highest BCUT2D eigenvalue weighted by atomic mass is 32.2. The maximum atomic E-state index is 3.97. The third-order valence-electron chi connectivity index (χ3n) is 3.76. The van der Waals surface area contributed by atoms with Gasteiger partial charge in [0.25, 0.3) is 0 Å². The number of thioether (sulfide) groups is 4. The molecule has 1 nitrogen and oxygen atoms in total. The molecule has 106 valence electrons. The molecule has 0 aromatic carbocycles. The molecule has 0 spiro atoms. The molecule has 0 unspecified atom stereocenters. The van der Waals surface area contributed by atoms with Gasteiger partial charge in [-0.25, -0.2) is 0 Å². The predicted molar refractivity (Wildman–Crippen MR) is 93.1 cm³/mol. The monoisotopic (exact) mass is 323 g/mol. The van der Waals surface area contributed by atoms with Crippen LogP contribution in [0.15, 0.2) is 0 Å². The molecule has 2 saturated heterocycles. The zero-order valence-corrected chi connectivity index (χ0v) is 15.1. The van der Waals surface area contributed by atoms with Crippen molar-refractivity contribution in [3.63, 3.8) is 0 Å². The van der Waals surface area contributed by atoms with Crippen molar-refractivity contribution in [3.8, 4) is 0 Å². The van der Waals surface area contributed by atoms with Crippen LogP contribution in [0.3, 0.4) is 0 Å². The third-order valence-corrected chi connectivity index (χ3v) is 10.6. The molecule has 2 fully saturated rings.